The molecule has 0 aromatic heterocycles. The Morgan fingerprint density at radius 1 is 1.18 bits per heavy atom. The van der Waals surface area contributed by atoms with Crippen LogP contribution in [0.2, 0.25) is 0 Å². The molecule has 0 saturated carbocycles. The molecule has 0 spiro atoms. The molecular weight excluding hydrogens is 156 g/mol. The van der Waals surface area contributed by atoms with Gasteiger partial charge in [0, 0.05) is 22.3 Å². The molecule has 0 saturated heterocycles. The standard InChI is InChI=1S/C9H20OS/c1-7(2)8(11(6)10)9(3,4)5/h7-8H,1-6H3/t8-,11?/m0/s1. The first-order valence-electron chi connectivity index (χ1n) is 4.09. The van der Waals surface area contributed by atoms with E-state index in [1.54, 1.807) is 6.26 Å². The van der Waals surface area contributed by atoms with Crippen LogP contribution in [-0.2, 0) is 10.8 Å². The summed E-state index contributed by atoms with van der Waals surface area (Å²) in [5.41, 5.74) is 0.160. The largest absolute Gasteiger partial charge is 0.260 e. The molecule has 0 aliphatic heterocycles. The van der Waals surface area contributed by atoms with Gasteiger partial charge in [0.1, 0.15) is 0 Å². The second-order valence-electron chi connectivity index (χ2n) is 4.53. The SMILES string of the molecule is CC(C)[C@H](S(C)=O)C(C)(C)C. The third-order valence-electron chi connectivity index (χ3n) is 1.82. The summed E-state index contributed by atoms with van der Waals surface area (Å²) < 4.78 is 11.3. The van der Waals surface area contributed by atoms with Gasteiger partial charge in [-0.1, -0.05) is 34.6 Å². The van der Waals surface area contributed by atoms with Gasteiger partial charge < -0.3 is 0 Å². The van der Waals surface area contributed by atoms with Crippen molar-refractivity contribution in [2.45, 2.75) is 39.9 Å². The lowest BCUT2D eigenvalue weighted by Gasteiger charge is -2.31. The highest BCUT2D eigenvalue weighted by molar-refractivity contribution is 7.84. The second-order valence-corrected chi connectivity index (χ2v) is 6.03. The van der Waals surface area contributed by atoms with Crippen molar-refractivity contribution in [1.29, 1.82) is 0 Å². The van der Waals surface area contributed by atoms with Gasteiger partial charge in [0.25, 0.3) is 0 Å². The molecule has 0 aromatic rings. The Hall–Kier alpha value is 0.150. The Kier molecular flexibility index (Phi) is 3.75. The van der Waals surface area contributed by atoms with Crippen molar-refractivity contribution in [1.82, 2.24) is 0 Å². The molecule has 0 rings (SSSR count). The third-order valence-corrected chi connectivity index (χ3v) is 3.78. The minimum Gasteiger partial charge on any atom is -0.260 e. The summed E-state index contributed by atoms with van der Waals surface area (Å²) in [5, 5.41) is 0.308. The highest BCUT2D eigenvalue weighted by Crippen LogP contribution is 2.28. The second kappa shape index (κ2) is 3.70. The van der Waals surface area contributed by atoms with E-state index in [9.17, 15) is 4.21 Å². The molecule has 1 unspecified atom stereocenters. The Morgan fingerprint density at radius 3 is 1.55 bits per heavy atom. The van der Waals surface area contributed by atoms with Crippen LogP contribution < -0.4 is 0 Å². The van der Waals surface area contributed by atoms with Gasteiger partial charge in [0.2, 0.25) is 0 Å². The van der Waals surface area contributed by atoms with Crippen molar-refractivity contribution in [3.63, 3.8) is 0 Å². The quantitative estimate of drug-likeness (QED) is 0.631. The van der Waals surface area contributed by atoms with E-state index in [4.69, 9.17) is 0 Å². The summed E-state index contributed by atoms with van der Waals surface area (Å²) in [6, 6.07) is 0. The number of rotatable bonds is 2. The zero-order valence-corrected chi connectivity index (χ0v) is 9.29. The van der Waals surface area contributed by atoms with E-state index in [-0.39, 0.29) is 5.41 Å². The fourth-order valence-electron chi connectivity index (χ4n) is 1.88. The molecular formula is C9H20OS. The van der Waals surface area contributed by atoms with Crippen LogP contribution in [0.25, 0.3) is 0 Å². The van der Waals surface area contributed by atoms with Crippen LogP contribution in [0.15, 0.2) is 0 Å². The summed E-state index contributed by atoms with van der Waals surface area (Å²) in [6.07, 6.45) is 1.80. The maximum Gasteiger partial charge on any atom is 0.0416 e. The Morgan fingerprint density at radius 2 is 1.55 bits per heavy atom. The molecule has 0 aromatic carbocycles. The van der Waals surface area contributed by atoms with Crippen LogP contribution >= 0.6 is 0 Å². The van der Waals surface area contributed by atoms with Crippen molar-refractivity contribution in [3.8, 4) is 0 Å². The van der Waals surface area contributed by atoms with Gasteiger partial charge in [0.05, 0.1) is 0 Å². The summed E-state index contributed by atoms with van der Waals surface area (Å²) in [7, 11) is -0.703. The predicted octanol–water partition coefficient (Wildman–Crippen LogP) is 2.44. The Bertz CT molecular complexity index is 144. The van der Waals surface area contributed by atoms with Crippen LogP contribution in [-0.4, -0.2) is 15.7 Å². The lowest BCUT2D eigenvalue weighted by atomic mass is 9.85. The topological polar surface area (TPSA) is 17.1 Å². The van der Waals surface area contributed by atoms with Crippen molar-refractivity contribution in [3.05, 3.63) is 0 Å². The number of hydrogen-bond donors (Lipinski definition) is 0. The molecule has 2 heteroatoms. The van der Waals surface area contributed by atoms with Gasteiger partial charge >= 0.3 is 0 Å². The molecule has 1 nitrogen and oxygen atoms in total. The van der Waals surface area contributed by atoms with Gasteiger partial charge in [-0.05, 0) is 11.3 Å². The first-order chi connectivity index (χ1) is 4.76. The van der Waals surface area contributed by atoms with Crippen LogP contribution in [0.1, 0.15) is 34.6 Å². The molecule has 0 N–H and O–H groups in total. The Labute approximate surface area is 73.0 Å². The molecule has 0 heterocycles. The normalized spacial score (nSPS) is 18.5. The average Bonchev–Trinajstić information content (AvgIpc) is 1.54. The smallest absolute Gasteiger partial charge is 0.0416 e. The van der Waals surface area contributed by atoms with Crippen molar-refractivity contribution >= 4 is 10.8 Å². The summed E-state index contributed by atoms with van der Waals surface area (Å²) in [5.74, 6) is 0.501. The molecule has 68 valence electrons. The molecule has 11 heavy (non-hydrogen) atoms. The minimum atomic E-state index is -0.703. The molecule has 0 bridgehead atoms. The van der Waals surface area contributed by atoms with Crippen molar-refractivity contribution < 1.29 is 4.21 Å². The molecule has 0 aliphatic rings. The van der Waals surface area contributed by atoms with E-state index in [2.05, 4.69) is 34.6 Å². The lowest BCUT2D eigenvalue weighted by Crippen LogP contribution is -2.34. The molecule has 0 aliphatic carbocycles. The summed E-state index contributed by atoms with van der Waals surface area (Å²) in [6.45, 7) is 10.7. The van der Waals surface area contributed by atoms with E-state index in [1.807, 2.05) is 0 Å². The molecule has 0 radical (unpaired) electrons. The maximum absolute atomic E-state index is 11.3. The van der Waals surface area contributed by atoms with Crippen LogP contribution in [0.3, 0.4) is 0 Å². The van der Waals surface area contributed by atoms with Gasteiger partial charge in [-0.3, -0.25) is 4.21 Å². The predicted molar refractivity (Wildman–Crippen MR) is 52.1 cm³/mol. The zero-order chi connectivity index (χ0) is 9.23. The molecule has 0 amide bonds. The first kappa shape index (κ1) is 11.2. The number of hydrogen-bond acceptors (Lipinski definition) is 1. The highest BCUT2D eigenvalue weighted by atomic mass is 32.2. The zero-order valence-electron chi connectivity index (χ0n) is 8.47. The average molecular weight is 176 g/mol. The summed E-state index contributed by atoms with van der Waals surface area (Å²) >= 11 is 0. The fraction of sp³-hybridized carbons (Fsp3) is 1.00. The highest BCUT2D eigenvalue weighted by Gasteiger charge is 2.30. The molecule has 0 fully saturated rings. The van der Waals surface area contributed by atoms with Crippen molar-refractivity contribution in [2.24, 2.45) is 11.3 Å². The van der Waals surface area contributed by atoms with Crippen LogP contribution in [0.5, 0.6) is 0 Å². The Balaban J connectivity index is 4.49. The van der Waals surface area contributed by atoms with E-state index in [0.717, 1.165) is 0 Å². The van der Waals surface area contributed by atoms with Gasteiger partial charge in [-0.2, -0.15) is 0 Å². The van der Waals surface area contributed by atoms with E-state index in [1.165, 1.54) is 0 Å². The monoisotopic (exact) mass is 176 g/mol. The van der Waals surface area contributed by atoms with Gasteiger partial charge in [-0.15, -0.1) is 0 Å². The van der Waals surface area contributed by atoms with Crippen LogP contribution in [0, 0.1) is 11.3 Å². The van der Waals surface area contributed by atoms with Gasteiger partial charge in [0.15, 0.2) is 0 Å². The lowest BCUT2D eigenvalue weighted by molar-refractivity contribution is 0.330. The van der Waals surface area contributed by atoms with Crippen LogP contribution in [0.4, 0.5) is 0 Å². The van der Waals surface area contributed by atoms with Gasteiger partial charge in [-0.25, -0.2) is 0 Å². The van der Waals surface area contributed by atoms with E-state index >= 15 is 0 Å². The van der Waals surface area contributed by atoms with Crippen molar-refractivity contribution in [2.75, 3.05) is 6.26 Å². The summed E-state index contributed by atoms with van der Waals surface area (Å²) in [4.78, 5) is 0. The fourth-order valence-corrected chi connectivity index (χ4v) is 3.64. The maximum atomic E-state index is 11.3. The van der Waals surface area contributed by atoms with E-state index < -0.39 is 10.8 Å². The first-order valence-corrected chi connectivity index (χ1v) is 5.71. The minimum absolute atomic E-state index is 0.160. The third kappa shape index (κ3) is 3.37. The van der Waals surface area contributed by atoms with E-state index in [0.29, 0.717) is 11.2 Å². The molecule has 2 atom stereocenters.